The molecule has 7 heteroatoms. The Morgan fingerprint density at radius 2 is 1.93 bits per heavy atom. The van der Waals surface area contributed by atoms with E-state index in [4.69, 9.17) is 10.5 Å². The van der Waals surface area contributed by atoms with Gasteiger partial charge in [-0.15, -0.1) is 0 Å². The van der Waals surface area contributed by atoms with Crippen LogP contribution < -0.4 is 26.0 Å². The van der Waals surface area contributed by atoms with Crippen molar-refractivity contribution in [1.82, 2.24) is 5.32 Å². The van der Waals surface area contributed by atoms with Crippen LogP contribution in [0.3, 0.4) is 0 Å². The fourth-order valence-corrected chi connectivity index (χ4v) is 3.37. The average molecular weight is 382 g/mol. The maximum absolute atomic E-state index is 12.1. The molecule has 0 radical (unpaired) electrons. The largest absolute Gasteiger partial charge is 0.495 e. The molecule has 1 aliphatic heterocycles. The zero-order valence-corrected chi connectivity index (χ0v) is 16.0. The van der Waals surface area contributed by atoms with Crippen LogP contribution in [0.4, 0.5) is 16.2 Å². The summed E-state index contributed by atoms with van der Waals surface area (Å²) in [7, 11) is 1.56. The van der Waals surface area contributed by atoms with Crippen LogP contribution in [0.2, 0.25) is 0 Å². The number of methoxy groups -OCH3 is 1. The molecule has 28 heavy (non-hydrogen) atoms. The van der Waals surface area contributed by atoms with Gasteiger partial charge in [0.1, 0.15) is 5.75 Å². The summed E-state index contributed by atoms with van der Waals surface area (Å²) in [5.74, 6) is 0.290. The molecule has 0 bridgehead atoms. The highest BCUT2D eigenvalue weighted by molar-refractivity contribution is 5.90. The molecule has 3 amide bonds. The van der Waals surface area contributed by atoms with E-state index in [0.717, 1.165) is 30.6 Å². The third kappa shape index (κ3) is 4.94. The number of carbonyl (C=O) groups excluding carboxylic acids is 2. The summed E-state index contributed by atoms with van der Waals surface area (Å²) >= 11 is 0. The number of benzene rings is 2. The van der Waals surface area contributed by atoms with Gasteiger partial charge in [0.05, 0.1) is 18.7 Å². The van der Waals surface area contributed by atoms with E-state index in [9.17, 15) is 9.59 Å². The lowest BCUT2D eigenvalue weighted by Gasteiger charge is -2.33. The predicted molar refractivity (Wildman–Crippen MR) is 109 cm³/mol. The molecule has 7 nitrogen and oxygen atoms in total. The first kappa shape index (κ1) is 19.5. The lowest BCUT2D eigenvalue weighted by molar-refractivity contribution is -0.122. The van der Waals surface area contributed by atoms with Crippen molar-refractivity contribution >= 4 is 23.3 Å². The summed E-state index contributed by atoms with van der Waals surface area (Å²) in [5, 5.41) is 5.62. The van der Waals surface area contributed by atoms with Crippen LogP contribution in [0, 0.1) is 5.92 Å². The first-order valence-corrected chi connectivity index (χ1v) is 9.38. The average Bonchev–Trinajstić information content (AvgIpc) is 2.73. The number of nitrogens with zero attached hydrogens (tertiary/aromatic N) is 1. The number of primary amides is 1. The lowest BCUT2D eigenvalue weighted by atomic mass is 9.97. The van der Waals surface area contributed by atoms with Gasteiger partial charge in [-0.3, -0.25) is 4.79 Å². The van der Waals surface area contributed by atoms with E-state index >= 15 is 0 Å². The van der Waals surface area contributed by atoms with Gasteiger partial charge in [-0.05, 0) is 42.7 Å². The molecule has 1 atom stereocenters. The SMILES string of the molecule is COc1ccccc1NC(=O)NCc1ccc(N2CCCC(C(N)=O)C2)cc1. The Morgan fingerprint density at radius 1 is 1.18 bits per heavy atom. The van der Waals surface area contributed by atoms with E-state index in [-0.39, 0.29) is 17.9 Å². The quantitative estimate of drug-likeness (QED) is 0.716. The normalized spacial score (nSPS) is 16.3. The minimum absolute atomic E-state index is 0.0891. The third-order valence-electron chi connectivity index (χ3n) is 4.93. The molecule has 0 aliphatic carbocycles. The zero-order valence-electron chi connectivity index (χ0n) is 16.0. The number of nitrogens with two attached hydrogens (primary N) is 1. The number of hydrogen-bond donors (Lipinski definition) is 3. The number of hydrogen-bond acceptors (Lipinski definition) is 4. The van der Waals surface area contributed by atoms with Crippen molar-refractivity contribution in [3.8, 4) is 5.75 Å². The summed E-state index contributed by atoms with van der Waals surface area (Å²) in [6, 6.07) is 14.9. The van der Waals surface area contributed by atoms with E-state index in [1.165, 1.54) is 0 Å². The lowest BCUT2D eigenvalue weighted by Crippen LogP contribution is -2.41. The maximum atomic E-state index is 12.1. The highest BCUT2D eigenvalue weighted by atomic mass is 16.5. The number of nitrogens with one attached hydrogen (secondary N) is 2. The van der Waals surface area contributed by atoms with Crippen LogP contribution in [0.25, 0.3) is 0 Å². The minimum Gasteiger partial charge on any atom is -0.495 e. The monoisotopic (exact) mass is 382 g/mol. The highest BCUT2D eigenvalue weighted by Crippen LogP contribution is 2.24. The molecule has 0 saturated carbocycles. The van der Waals surface area contributed by atoms with Crippen LogP contribution in [-0.2, 0) is 11.3 Å². The highest BCUT2D eigenvalue weighted by Gasteiger charge is 2.24. The van der Waals surface area contributed by atoms with Crippen molar-refractivity contribution in [2.75, 3.05) is 30.4 Å². The number of urea groups is 1. The molecule has 148 valence electrons. The molecule has 2 aromatic carbocycles. The van der Waals surface area contributed by atoms with Crippen LogP contribution in [0.5, 0.6) is 5.75 Å². The number of amides is 3. The van der Waals surface area contributed by atoms with Crippen molar-refractivity contribution in [2.45, 2.75) is 19.4 Å². The number of piperidine rings is 1. The van der Waals surface area contributed by atoms with E-state index in [0.29, 0.717) is 24.5 Å². The molecule has 1 aliphatic rings. The van der Waals surface area contributed by atoms with Gasteiger partial charge in [-0.25, -0.2) is 4.79 Å². The van der Waals surface area contributed by atoms with Gasteiger partial charge in [0.2, 0.25) is 5.91 Å². The van der Waals surface area contributed by atoms with Crippen LogP contribution in [0.15, 0.2) is 48.5 Å². The Balaban J connectivity index is 1.53. The number of carbonyl (C=O) groups is 2. The second-order valence-corrected chi connectivity index (χ2v) is 6.86. The molecule has 1 saturated heterocycles. The molecule has 0 spiro atoms. The second-order valence-electron chi connectivity index (χ2n) is 6.86. The Morgan fingerprint density at radius 3 is 2.64 bits per heavy atom. The molecule has 3 rings (SSSR count). The molecule has 2 aromatic rings. The van der Waals surface area contributed by atoms with E-state index < -0.39 is 0 Å². The number of ether oxygens (including phenoxy) is 1. The van der Waals surface area contributed by atoms with Crippen LogP contribution in [0.1, 0.15) is 18.4 Å². The Bertz CT molecular complexity index is 823. The first-order chi connectivity index (χ1) is 13.6. The summed E-state index contributed by atoms with van der Waals surface area (Å²) in [6.07, 6.45) is 1.81. The van der Waals surface area contributed by atoms with Crippen LogP contribution in [-0.4, -0.2) is 32.1 Å². The molecule has 1 unspecified atom stereocenters. The third-order valence-corrected chi connectivity index (χ3v) is 4.93. The second kappa shape index (κ2) is 9.12. The van der Waals surface area contributed by atoms with Gasteiger partial charge in [0, 0.05) is 25.3 Å². The van der Waals surface area contributed by atoms with Crippen molar-refractivity contribution in [3.63, 3.8) is 0 Å². The van der Waals surface area contributed by atoms with Gasteiger partial charge in [-0.1, -0.05) is 24.3 Å². The van der Waals surface area contributed by atoms with Gasteiger partial charge in [0.15, 0.2) is 0 Å². The predicted octanol–water partition coefficient (Wildman–Crippen LogP) is 2.72. The van der Waals surface area contributed by atoms with Crippen molar-refractivity contribution in [3.05, 3.63) is 54.1 Å². The Labute approximate surface area is 164 Å². The smallest absolute Gasteiger partial charge is 0.319 e. The van der Waals surface area contributed by atoms with Gasteiger partial charge in [0.25, 0.3) is 0 Å². The molecule has 1 heterocycles. The van der Waals surface area contributed by atoms with E-state index in [1.807, 2.05) is 36.4 Å². The maximum Gasteiger partial charge on any atom is 0.319 e. The van der Waals surface area contributed by atoms with Gasteiger partial charge in [-0.2, -0.15) is 0 Å². The summed E-state index contributed by atoms with van der Waals surface area (Å²) in [6.45, 7) is 1.99. The molecular formula is C21H26N4O3. The molecule has 4 N–H and O–H groups in total. The summed E-state index contributed by atoms with van der Waals surface area (Å²) in [4.78, 5) is 25.8. The molecule has 0 aromatic heterocycles. The number of anilines is 2. The van der Waals surface area contributed by atoms with Gasteiger partial charge >= 0.3 is 6.03 Å². The molecule has 1 fully saturated rings. The summed E-state index contributed by atoms with van der Waals surface area (Å²) < 4.78 is 5.23. The van der Waals surface area contributed by atoms with Crippen LogP contribution >= 0.6 is 0 Å². The fraction of sp³-hybridized carbons (Fsp3) is 0.333. The van der Waals surface area contributed by atoms with E-state index in [1.54, 1.807) is 19.2 Å². The van der Waals surface area contributed by atoms with Gasteiger partial charge < -0.3 is 26.0 Å². The van der Waals surface area contributed by atoms with Crippen molar-refractivity contribution in [2.24, 2.45) is 11.7 Å². The van der Waals surface area contributed by atoms with Crippen molar-refractivity contribution in [1.29, 1.82) is 0 Å². The van der Waals surface area contributed by atoms with Crippen molar-refractivity contribution < 1.29 is 14.3 Å². The zero-order chi connectivity index (χ0) is 19.9. The Hall–Kier alpha value is -3.22. The Kier molecular flexibility index (Phi) is 6.37. The first-order valence-electron chi connectivity index (χ1n) is 9.38. The topological polar surface area (TPSA) is 96.7 Å². The standard InChI is InChI=1S/C21H26N4O3/c1-28-19-7-3-2-6-18(19)24-21(27)23-13-15-8-10-17(11-9-15)25-12-4-5-16(14-25)20(22)26/h2-3,6-11,16H,4-5,12-14H2,1H3,(H2,22,26)(H2,23,24,27). The minimum atomic E-state index is -0.297. The molecular weight excluding hydrogens is 356 g/mol. The summed E-state index contributed by atoms with van der Waals surface area (Å²) in [5.41, 5.74) is 8.12. The number of rotatable bonds is 6. The van der Waals surface area contributed by atoms with E-state index in [2.05, 4.69) is 15.5 Å². The number of para-hydroxylation sites is 2. The fourth-order valence-electron chi connectivity index (χ4n) is 3.37.